The molecule has 6 nitrogen and oxygen atoms in total. The monoisotopic (exact) mass is 214 g/mol. The minimum Gasteiger partial charge on any atom is -0.349 e. The van der Waals surface area contributed by atoms with E-state index >= 15 is 0 Å². The molecule has 2 amide bonds. The zero-order chi connectivity index (χ0) is 11.8. The third-order valence-corrected chi connectivity index (χ3v) is 1.56. The molecule has 0 saturated heterocycles. The van der Waals surface area contributed by atoms with Crippen LogP contribution in [-0.4, -0.2) is 36.5 Å². The van der Waals surface area contributed by atoms with Gasteiger partial charge < -0.3 is 10.6 Å². The van der Waals surface area contributed by atoms with Crippen molar-refractivity contribution in [3.8, 4) is 0 Å². The number of Topliss-reactive ketones (excluding diaryl/α,β-unsaturated/α-hetero) is 2. The molecule has 0 aromatic rings. The SMILES string of the molecule is CC(=O)C(=O)NCCCNC(=O)C(C)=O. The standard InChI is InChI=1S/C9H14N2O4/c1-6(12)8(14)10-4-3-5-11-9(15)7(2)13/h3-5H2,1-2H3,(H,10,14)(H,11,15). The first kappa shape index (κ1) is 13.3. The average Bonchev–Trinajstić information content (AvgIpc) is 2.16. The molecule has 84 valence electrons. The van der Waals surface area contributed by atoms with E-state index in [1.54, 1.807) is 0 Å². The van der Waals surface area contributed by atoms with Crippen LogP contribution in [0.1, 0.15) is 20.3 Å². The Bertz CT molecular complexity index is 258. The van der Waals surface area contributed by atoms with Crippen LogP contribution < -0.4 is 10.6 Å². The molecule has 0 heterocycles. The van der Waals surface area contributed by atoms with Crippen LogP contribution in [0.15, 0.2) is 0 Å². The largest absolute Gasteiger partial charge is 0.349 e. The molecule has 2 N–H and O–H groups in total. The van der Waals surface area contributed by atoms with Gasteiger partial charge in [0.15, 0.2) is 0 Å². The van der Waals surface area contributed by atoms with Crippen LogP contribution >= 0.6 is 0 Å². The van der Waals surface area contributed by atoms with Gasteiger partial charge in [-0.05, 0) is 6.42 Å². The number of carbonyl (C=O) groups is 4. The first-order valence-electron chi connectivity index (χ1n) is 4.52. The molecule has 0 aliphatic heterocycles. The van der Waals surface area contributed by atoms with E-state index in [9.17, 15) is 19.2 Å². The van der Waals surface area contributed by atoms with E-state index in [1.165, 1.54) is 13.8 Å². The van der Waals surface area contributed by atoms with Gasteiger partial charge in [0.25, 0.3) is 11.8 Å². The molecule has 0 saturated carbocycles. The number of hydrogen-bond donors (Lipinski definition) is 2. The zero-order valence-electron chi connectivity index (χ0n) is 8.75. The van der Waals surface area contributed by atoms with E-state index in [1.807, 2.05) is 0 Å². The number of amides is 2. The highest BCUT2D eigenvalue weighted by Crippen LogP contribution is 1.77. The second kappa shape index (κ2) is 6.69. The molecule has 0 fully saturated rings. The van der Waals surface area contributed by atoms with E-state index in [0.717, 1.165) is 0 Å². The normalized spacial score (nSPS) is 9.20. The fourth-order valence-corrected chi connectivity index (χ4v) is 0.741. The topological polar surface area (TPSA) is 92.3 Å². The van der Waals surface area contributed by atoms with Crippen molar-refractivity contribution in [3.05, 3.63) is 0 Å². The van der Waals surface area contributed by atoms with Gasteiger partial charge in [0.2, 0.25) is 11.6 Å². The summed E-state index contributed by atoms with van der Waals surface area (Å²) in [5.41, 5.74) is 0. The number of nitrogens with one attached hydrogen (secondary N) is 2. The molecule has 0 unspecified atom stereocenters. The second-order valence-corrected chi connectivity index (χ2v) is 2.98. The second-order valence-electron chi connectivity index (χ2n) is 2.98. The first-order valence-corrected chi connectivity index (χ1v) is 4.52. The van der Waals surface area contributed by atoms with E-state index < -0.39 is 23.4 Å². The maximum absolute atomic E-state index is 10.7. The minimum atomic E-state index is -0.645. The average molecular weight is 214 g/mol. The molecular formula is C9H14N2O4. The Morgan fingerprint density at radius 3 is 1.40 bits per heavy atom. The van der Waals surface area contributed by atoms with Crippen molar-refractivity contribution in [1.82, 2.24) is 10.6 Å². The van der Waals surface area contributed by atoms with Gasteiger partial charge in [-0.3, -0.25) is 19.2 Å². The minimum absolute atomic E-state index is 0.288. The summed E-state index contributed by atoms with van der Waals surface area (Å²) in [7, 11) is 0. The van der Waals surface area contributed by atoms with Crippen LogP contribution in [0, 0.1) is 0 Å². The van der Waals surface area contributed by atoms with Gasteiger partial charge in [-0.25, -0.2) is 0 Å². The lowest BCUT2D eigenvalue weighted by Crippen LogP contribution is -2.34. The van der Waals surface area contributed by atoms with E-state index in [0.29, 0.717) is 6.42 Å². The Balaban J connectivity index is 3.48. The van der Waals surface area contributed by atoms with Gasteiger partial charge in [-0.1, -0.05) is 0 Å². The first-order chi connectivity index (χ1) is 6.95. The molecule has 0 aliphatic carbocycles. The molecule has 15 heavy (non-hydrogen) atoms. The Hall–Kier alpha value is -1.72. The van der Waals surface area contributed by atoms with E-state index in [-0.39, 0.29) is 13.1 Å². The van der Waals surface area contributed by atoms with Gasteiger partial charge in [0, 0.05) is 26.9 Å². The highest BCUT2D eigenvalue weighted by Gasteiger charge is 2.07. The summed E-state index contributed by atoms with van der Waals surface area (Å²) in [6, 6.07) is 0. The predicted octanol–water partition coefficient (Wildman–Crippen LogP) is -1.21. The summed E-state index contributed by atoms with van der Waals surface area (Å²) < 4.78 is 0. The zero-order valence-corrected chi connectivity index (χ0v) is 8.75. The summed E-state index contributed by atoms with van der Waals surface area (Å²) in [6.07, 6.45) is 0.470. The maximum Gasteiger partial charge on any atom is 0.287 e. The van der Waals surface area contributed by atoms with Crippen molar-refractivity contribution in [2.24, 2.45) is 0 Å². The Kier molecular flexibility index (Phi) is 5.92. The lowest BCUT2D eigenvalue weighted by atomic mass is 10.3. The fourth-order valence-electron chi connectivity index (χ4n) is 0.741. The third kappa shape index (κ3) is 6.36. The highest BCUT2D eigenvalue weighted by atomic mass is 16.2. The summed E-state index contributed by atoms with van der Waals surface area (Å²) in [6.45, 7) is 2.92. The fraction of sp³-hybridized carbons (Fsp3) is 0.556. The van der Waals surface area contributed by atoms with Gasteiger partial charge in [0.1, 0.15) is 0 Å². The molecule has 6 heteroatoms. The molecule has 0 atom stereocenters. The number of hydrogen-bond acceptors (Lipinski definition) is 4. The van der Waals surface area contributed by atoms with Gasteiger partial charge in [-0.15, -0.1) is 0 Å². The Morgan fingerprint density at radius 1 is 0.800 bits per heavy atom. The number of rotatable bonds is 6. The van der Waals surface area contributed by atoms with Crippen molar-refractivity contribution < 1.29 is 19.2 Å². The van der Waals surface area contributed by atoms with Crippen LogP contribution in [-0.2, 0) is 19.2 Å². The van der Waals surface area contributed by atoms with Crippen molar-refractivity contribution >= 4 is 23.4 Å². The quantitative estimate of drug-likeness (QED) is 0.428. The van der Waals surface area contributed by atoms with Crippen molar-refractivity contribution in [3.63, 3.8) is 0 Å². The summed E-state index contributed by atoms with van der Waals surface area (Å²) in [4.78, 5) is 42.4. The van der Waals surface area contributed by atoms with Crippen LogP contribution in [0.5, 0.6) is 0 Å². The number of carbonyl (C=O) groups excluding carboxylic acids is 4. The molecule has 0 bridgehead atoms. The highest BCUT2D eigenvalue weighted by molar-refractivity contribution is 6.35. The third-order valence-electron chi connectivity index (χ3n) is 1.56. The summed E-state index contributed by atoms with van der Waals surface area (Å²) in [5, 5.41) is 4.72. The van der Waals surface area contributed by atoms with Crippen LogP contribution in [0.2, 0.25) is 0 Å². The summed E-state index contributed by atoms with van der Waals surface area (Å²) >= 11 is 0. The lowest BCUT2D eigenvalue weighted by molar-refractivity contribution is -0.136. The van der Waals surface area contributed by atoms with Gasteiger partial charge in [0.05, 0.1) is 0 Å². The van der Waals surface area contributed by atoms with Crippen molar-refractivity contribution in [2.75, 3.05) is 13.1 Å². The van der Waals surface area contributed by atoms with Crippen LogP contribution in [0.3, 0.4) is 0 Å². The van der Waals surface area contributed by atoms with E-state index in [2.05, 4.69) is 10.6 Å². The van der Waals surface area contributed by atoms with Crippen molar-refractivity contribution in [1.29, 1.82) is 0 Å². The van der Waals surface area contributed by atoms with Gasteiger partial charge >= 0.3 is 0 Å². The predicted molar refractivity (Wildman–Crippen MR) is 52.0 cm³/mol. The molecule has 0 rings (SSSR count). The van der Waals surface area contributed by atoms with Crippen molar-refractivity contribution in [2.45, 2.75) is 20.3 Å². The maximum atomic E-state index is 10.7. The molecule has 0 aromatic carbocycles. The molecular weight excluding hydrogens is 200 g/mol. The molecule has 0 aromatic heterocycles. The van der Waals surface area contributed by atoms with Crippen LogP contribution in [0.4, 0.5) is 0 Å². The van der Waals surface area contributed by atoms with Gasteiger partial charge in [-0.2, -0.15) is 0 Å². The lowest BCUT2D eigenvalue weighted by Gasteiger charge is -2.03. The Labute approximate surface area is 87.4 Å². The summed E-state index contributed by atoms with van der Waals surface area (Å²) in [5.74, 6) is -2.40. The molecule has 0 spiro atoms. The van der Waals surface area contributed by atoms with E-state index in [4.69, 9.17) is 0 Å². The smallest absolute Gasteiger partial charge is 0.287 e. The Morgan fingerprint density at radius 2 is 1.13 bits per heavy atom. The molecule has 0 radical (unpaired) electrons. The van der Waals surface area contributed by atoms with Crippen LogP contribution in [0.25, 0.3) is 0 Å². The number of ketones is 2. The molecule has 0 aliphatic rings.